The molecule has 1 amide bonds. The van der Waals surface area contributed by atoms with E-state index in [0.29, 0.717) is 6.54 Å². The Kier molecular flexibility index (Phi) is 6.20. The molecule has 0 aliphatic heterocycles. The van der Waals surface area contributed by atoms with Crippen LogP contribution in [0, 0.1) is 0 Å². The number of halogens is 3. The highest BCUT2D eigenvalue weighted by Gasteiger charge is 2.29. The molecular formula is C19H21F3N2O. The van der Waals surface area contributed by atoms with E-state index in [1.165, 1.54) is 12.1 Å². The van der Waals surface area contributed by atoms with Crippen molar-refractivity contribution in [1.29, 1.82) is 0 Å². The first-order chi connectivity index (χ1) is 11.8. The third-order valence-corrected chi connectivity index (χ3v) is 3.77. The Balaban J connectivity index is 1.88. The summed E-state index contributed by atoms with van der Waals surface area (Å²) in [5.41, 5.74) is 1.92. The van der Waals surface area contributed by atoms with Crippen molar-refractivity contribution < 1.29 is 18.0 Å². The molecule has 0 bridgehead atoms. The molecule has 2 aromatic carbocycles. The average molecular weight is 350 g/mol. The summed E-state index contributed by atoms with van der Waals surface area (Å²) in [5, 5.41) is 2.83. The topological polar surface area (TPSA) is 32.3 Å². The second-order valence-electron chi connectivity index (χ2n) is 5.97. The van der Waals surface area contributed by atoms with Crippen LogP contribution in [0.2, 0.25) is 0 Å². The molecule has 0 unspecified atom stereocenters. The quantitative estimate of drug-likeness (QED) is 0.841. The number of alkyl halides is 3. The summed E-state index contributed by atoms with van der Waals surface area (Å²) in [6, 6.07) is 12.6. The number of likely N-dealkylation sites (N-methyl/N-ethyl adjacent to an activating group) is 1. The van der Waals surface area contributed by atoms with E-state index in [4.69, 9.17) is 0 Å². The van der Waals surface area contributed by atoms with Gasteiger partial charge in [-0.3, -0.25) is 9.69 Å². The molecule has 25 heavy (non-hydrogen) atoms. The van der Waals surface area contributed by atoms with Crippen LogP contribution in [0.3, 0.4) is 0 Å². The predicted molar refractivity (Wildman–Crippen MR) is 92.2 cm³/mol. The predicted octanol–water partition coefficient (Wildman–Crippen LogP) is 4.34. The van der Waals surface area contributed by atoms with Crippen LogP contribution < -0.4 is 5.32 Å². The summed E-state index contributed by atoms with van der Waals surface area (Å²) in [6.07, 6.45) is -3.45. The molecule has 0 aliphatic carbocycles. The summed E-state index contributed by atoms with van der Waals surface area (Å²) in [4.78, 5) is 13.8. The molecule has 2 aromatic rings. The smallest absolute Gasteiger partial charge is 0.325 e. The fraction of sp³-hybridized carbons (Fsp3) is 0.316. The Hall–Kier alpha value is -2.34. The van der Waals surface area contributed by atoms with Crippen molar-refractivity contribution in [3.05, 3.63) is 65.2 Å². The Labute approximate surface area is 145 Å². The summed E-state index contributed by atoms with van der Waals surface area (Å²) < 4.78 is 37.7. The van der Waals surface area contributed by atoms with Gasteiger partial charge in [0.25, 0.3) is 0 Å². The standard InChI is InChI=1S/C19H21F3N2O/c1-3-14-5-4-6-17(11-14)23-18(25)13-24(2)12-15-7-9-16(10-8-15)19(20,21)22/h4-11H,3,12-13H2,1-2H3,(H,23,25). The summed E-state index contributed by atoms with van der Waals surface area (Å²) in [5.74, 6) is -0.164. The minimum Gasteiger partial charge on any atom is -0.325 e. The van der Waals surface area contributed by atoms with Crippen molar-refractivity contribution in [3.8, 4) is 0 Å². The van der Waals surface area contributed by atoms with Crippen LogP contribution in [-0.2, 0) is 23.9 Å². The first kappa shape index (κ1) is 19.0. The monoisotopic (exact) mass is 350 g/mol. The summed E-state index contributed by atoms with van der Waals surface area (Å²) in [7, 11) is 1.75. The van der Waals surface area contributed by atoms with Crippen molar-refractivity contribution in [2.75, 3.05) is 18.9 Å². The molecule has 0 aromatic heterocycles. The third-order valence-electron chi connectivity index (χ3n) is 3.77. The van der Waals surface area contributed by atoms with Crippen LogP contribution in [0.4, 0.5) is 18.9 Å². The Morgan fingerprint density at radius 3 is 2.36 bits per heavy atom. The molecule has 0 fully saturated rings. The first-order valence-electron chi connectivity index (χ1n) is 8.01. The molecule has 0 spiro atoms. The SMILES string of the molecule is CCc1cccc(NC(=O)CN(C)Cc2ccc(C(F)(F)F)cc2)c1. The highest BCUT2D eigenvalue weighted by atomic mass is 19.4. The second kappa shape index (κ2) is 8.16. The lowest BCUT2D eigenvalue weighted by molar-refractivity contribution is -0.137. The van der Waals surface area contributed by atoms with Crippen LogP contribution in [0.15, 0.2) is 48.5 Å². The zero-order valence-electron chi connectivity index (χ0n) is 14.2. The molecule has 0 radical (unpaired) electrons. The van der Waals surface area contributed by atoms with E-state index in [1.54, 1.807) is 11.9 Å². The number of benzene rings is 2. The maximum atomic E-state index is 12.6. The lowest BCUT2D eigenvalue weighted by Gasteiger charge is -2.17. The van der Waals surface area contributed by atoms with Crippen molar-refractivity contribution in [1.82, 2.24) is 4.90 Å². The zero-order valence-corrected chi connectivity index (χ0v) is 14.2. The number of nitrogens with one attached hydrogen (secondary N) is 1. The third kappa shape index (κ3) is 5.90. The zero-order chi connectivity index (χ0) is 18.4. The van der Waals surface area contributed by atoms with Gasteiger partial charge in [-0.15, -0.1) is 0 Å². The Morgan fingerprint density at radius 1 is 1.08 bits per heavy atom. The van der Waals surface area contributed by atoms with E-state index in [1.807, 2.05) is 31.2 Å². The van der Waals surface area contributed by atoms with Gasteiger partial charge in [0.15, 0.2) is 0 Å². The highest BCUT2D eigenvalue weighted by molar-refractivity contribution is 5.92. The van der Waals surface area contributed by atoms with Crippen molar-refractivity contribution >= 4 is 11.6 Å². The maximum absolute atomic E-state index is 12.6. The van der Waals surface area contributed by atoms with Crippen LogP contribution in [0.25, 0.3) is 0 Å². The lowest BCUT2D eigenvalue weighted by Crippen LogP contribution is -2.29. The molecule has 1 N–H and O–H groups in total. The molecule has 3 nitrogen and oxygen atoms in total. The molecular weight excluding hydrogens is 329 g/mol. The lowest BCUT2D eigenvalue weighted by atomic mass is 10.1. The number of hydrogen-bond donors (Lipinski definition) is 1. The van der Waals surface area contributed by atoms with Gasteiger partial charge in [0.1, 0.15) is 0 Å². The van der Waals surface area contributed by atoms with E-state index in [-0.39, 0.29) is 12.5 Å². The minimum atomic E-state index is -4.34. The van der Waals surface area contributed by atoms with Gasteiger partial charge in [-0.2, -0.15) is 13.2 Å². The molecule has 0 atom stereocenters. The van der Waals surface area contributed by atoms with Crippen LogP contribution in [0.1, 0.15) is 23.6 Å². The van der Waals surface area contributed by atoms with E-state index in [0.717, 1.165) is 35.4 Å². The summed E-state index contributed by atoms with van der Waals surface area (Å²) in [6.45, 7) is 2.58. The van der Waals surface area contributed by atoms with E-state index in [9.17, 15) is 18.0 Å². The largest absolute Gasteiger partial charge is 0.416 e. The van der Waals surface area contributed by atoms with Crippen molar-refractivity contribution in [2.45, 2.75) is 26.1 Å². The molecule has 0 heterocycles. The fourth-order valence-electron chi connectivity index (χ4n) is 2.48. The van der Waals surface area contributed by atoms with Gasteiger partial charge >= 0.3 is 6.18 Å². The van der Waals surface area contributed by atoms with Gasteiger partial charge in [0.05, 0.1) is 12.1 Å². The molecule has 2 rings (SSSR count). The van der Waals surface area contributed by atoms with Gasteiger partial charge in [0, 0.05) is 12.2 Å². The molecule has 134 valence electrons. The average Bonchev–Trinajstić information content (AvgIpc) is 2.54. The van der Waals surface area contributed by atoms with E-state index >= 15 is 0 Å². The summed E-state index contributed by atoms with van der Waals surface area (Å²) >= 11 is 0. The molecule has 6 heteroatoms. The molecule has 0 saturated carbocycles. The van der Waals surface area contributed by atoms with Gasteiger partial charge in [-0.1, -0.05) is 31.2 Å². The Bertz CT molecular complexity index is 711. The number of hydrogen-bond acceptors (Lipinski definition) is 2. The van der Waals surface area contributed by atoms with E-state index in [2.05, 4.69) is 5.32 Å². The molecule has 0 saturated heterocycles. The number of rotatable bonds is 6. The van der Waals surface area contributed by atoms with Crippen LogP contribution >= 0.6 is 0 Å². The van der Waals surface area contributed by atoms with Crippen molar-refractivity contribution in [2.24, 2.45) is 0 Å². The number of anilines is 1. The Morgan fingerprint density at radius 2 is 1.76 bits per heavy atom. The fourth-order valence-corrected chi connectivity index (χ4v) is 2.48. The number of carbonyl (C=O) groups is 1. The number of carbonyl (C=O) groups excluding carboxylic acids is 1. The van der Waals surface area contributed by atoms with Gasteiger partial charge in [-0.25, -0.2) is 0 Å². The minimum absolute atomic E-state index is 0.150. The van der Waals surface area contributed by atoms with Crippen LogP contribution in [-0.4, -0.2) is 24.4 Å². The number of amides is 1. The van der Waals surface area contributed by atoms with Gasteiger partial charge in [0.2, 0.25) is 5.91 Å². The van der Waals surface area contributed by atoms with Gasteiger partial charge in [-0.05, 0) is 48.9 Å². The van der Waals surface area contributed by atoms with Gasteiger partial charge < -0.3 is 5.32 Å². The number of aryl methyl sites for hydroxylation is 1. The second-order valence-corrected chi connectivity index (χ2v) is 5.97. The maximum Gasteiger partial charge on any atom is 0.416 e. The first-order valence-corrected chi connectivity index (χ1v) is 8.01. The highest BCUT2D eigenvalue weighted by Crippen LogP contribution is 2.29. The van der Waals surface area contributed by atoms with Crippen molar-refractivity contribution in [3.63, 3.8) is 0 Å². The normalized spacial score (nSPS) is 11.6. The number of nitrogens with zero attached hydrogens (tertiary/aromatic N) is 1. The van der Waals surface area contributed by atoms with E-state index < -0.39 is 11.7 Å². The van der Waals surface area contributed by atoms with Crippen LogP contribution in [0.5, 0.6) is 0 Å². The molecule has 0 aliphatic rings.